The van der Waals surface area contributed by atoms with Gasteiger partial charge in [0.25, 0.3) is 0 Å². The van der Waals surface area contributed by atoms with Crippen molar-refractivity contribution in [2.45, 2.75) is 13.3 Å². The van der Waals surface area contributed by atoms with Crippen LogP contribution in [0.2, 0.25) is 0 Å². The van der Waals surface area contributed by atoms with Crippen molar-refractivity contribution in [2.75, 3.05) is 66.5 Å². The first-order chi connectivity index (χ1) is 8.18. The Bertz CT molecular complexity index is 178. The van der Waals surface area contributed by atoms with E-state index in [0.717, 1.165) is 32.1 Å². The molecular formula is C13H30N4. The van der Waals surface area contributed by atoms with Crippen molar-refractivity contribution in [1.29, 1.82) is 0 Å². The van der Waals surface area contributed by atoms with E-state index >= 15 is 0 Å². The van der Waals surface area contributed by atoms with Crippen LogP contribution in [-0.2, 0) is 0 Å². The highest BCUT2D eigenvalue weighted by molar-refractivity contribution is 4.70. The molecule has 0 amide bonds. The van der Waals surface area contributed by atoms with Gasteiger partial charge in [0, 0.05) is 32.7 Å². The summed E-state index contributed by atoms with van der Waals surface area (Å²) in [7, 11) is 4.26. The van der Waals surface area contributed by atoms with Gasteiger partial charge < -0.3 is 20.4 Å². The van der Waals surface area contributed by atoms with Crippen molar-refractivity contribution in [3.05, 3.63) is 0 Å². The SMILES string of the molecule is CC(CNCCCN(C)C)CN1CCNCC1. The van der Waals surface area contributed by atoms with E-state index in [1.807, 2.05) is 0 Å². The van der Waals surface area contributed by atoms with Crippen molar-refractivity contribution >= 4 is 0 Å². The minimum Gasteiger partial charge on any atom is -0.316 e. The van der Waals surface area contributed by atoms with Gasteiger partial charge in [-0.25, -0.2) is 0 Å². The highest BCUT2D eigenvalue weighted by Crippen LogP contribution is 2.00. The Labute approximate surface area is 107 Å². The highest BCUT2D eigenvalue weighted by atomic mass is 15.2. The third-order valence-electron chi connectivity index (χ3n) is 3.23. The van der Waals surface area contributed by atoms with E-state index in [1.54, 1.807) is 0 Å². The van der Waals surface area contributed by atoms with E-state index in [1.165, 1.54) is 32.6 Å². The Balaban J connectivity index is 1.95. The van der Waals surface area contributed by atoms with Gasteiger partial charge in [-0.15, -0.1) is 0 Å². The van der Waals surface area contributed by atoms with E-state index < -0.39 is 0 Å². The van der Waals surface area contributed by atoms with E-state index in [4.69, 9.17) is 0 Å². The molecule has 0 aromatic heterocycles. The van der Waals surface area contributed by atoms with Gasteiger partial charge in [-0.1, -0.05) is 6.92 Å². The van der Waals surface area contributed by atoms with Gasteiger partial charge in [-0.05, 0) is 46.1 Å². The maximum Gasteiger partial charge on any atom is 0.0107 e. The van der Waals surface area contributed by atoms with Crippen LogP contribution in [0.4, 0.5) is 0 Å². The molecule has 0 spiro atoms. The first kappa shape index (κ1) is 14.9. The summed E-state index contributed by atoms with van der Waals surface area (Å²) < 4.78 is 0. The lowest BCUT2D eigenvalue weighted by atomic mass is 10.1. The minimum absolute atomic E-state index is 0.757. The fourth-order valence-electron chi connectivity index (χ4n) is 2.27. The lowest BCUT2D eigenvalue weighted by Crippen LogP contribution is -2.46. The van der Waals surface area contributed by atoms with Crippen LogP contribution in [-0.4, -0.2) is 76.3 Å². The number of nitrogens with zero attached hydrogens (tertiary/aromatic N) is 2. The first-order valence-electron chi connectivity index (χ1n) is 6.97. The number of hydrogen-bond donors (Lipinski definition) is 2. The fraction of sp³-hybridized carbons (Fsp3) is 1.00. The molecule has 102 valence electrons. The Morgan fingerprint density at radius 2 is 2.00 bits per heavy atom. The normalized spacial score (nSPS) is 19.8. The number of hydrogen-bond acceptors (Lipinski definition) is 4. The third-order valence-corrected chi connectivity index (χ3v) is 3.23. The predicted molar refractivity (Wildman–Crippen MR) is 74.5 cm³/mol. The van der Waals surface area contributed by atoms with Gasteiger partial charge in [0.15, 0.2) is 0 Å². The molecule has 4 heteroatoms. The lowest BCUT2D eigenvalue weighted by Gasteiger charge is -2.29. The predicted octanol–water partition coefficient (Wildman–Crippen LogP) is 0.0690. The van der Waals surface area contributed by atoms with Crippen LogP contribution < -0.4 is 10.6 Å². The van der Waals surface area contributed by atoms with E-state index in [9.17, 15) is 0 Å². The van der Waals surface area contributed by atoms with Crippen molar-refractivity contribution in [1.82, 2.24) is 20.4 Å². The van der Waals surface area contributed by atoms with Crippen LogP contribution in [0.25, 0.3) is 0 Å². The van der Waals surface area contributed by atoms with Gasteiger partial charge in [0.1, 0.15) is 0 Å². The van der Waals surface area contributed by atoms with Crippen molar-refractivity contribution in [3.63, 3.8) is 0 Å². The molecule has 1 aliphatic heterocycles. The molecule has 1 atom stereocenters. The van der Waals surface area contributed by atoms with Crippen LogP contribution >= 0.6 is 0 Å². The van der Waals surface area contributed by atoms with Crippen molar-refractivity contribution in [3.8, 4) is 0 Å². The molecule has 1 heterocycles. The van der Waals surface area contributed by atoms with Crippen LogP contribution in [0.3, 0.4) is 0 Å². The van der Waals surface area contributed by atoms with E-state index in [-0.39, 0.29) is 0 Å². The monoisotopic (exact) mass is 242 g/mol. The second-order valence-corrected chi connectivity index (χ2v) is 5.52. The second-order valence-electron chi connectivity index (χ2n) is 5.52. The largest absolute Gasteiger partial charge is 0.316 e. The summed E-state index contributed by atoms with van der Waals surface area (Å²) in [5.41, 5.74) is 0. The maximum atomic E-state index is 3.56. The molecule has 1 saturated heterocycles. The molecule has 2 N–H and O–H groups in total. The lowest BCUT2D eigenvalue weighted by molar-refractivity contribution is 0.209. The Morgan fingerprint density at radius 1 is 1.29 bits per heavy atom. The molecule has 0 radical (unpaired) electrons. The smallest absolute Gasteiger partial charge is 0.0107 e. The van der Waals surface area contributed by atoms with Gasteiger partial charge in [-0.2, -0.15) is 0 Å². The fourth-order valence-corrected chi connectivity index (χ4v) is 2.27. The molecule has 4 nitrogen and oxygen atoms in total. The maximum absolute atomic E-state index is 3.56. The molecule has 1 aliphatic rings. The molecule has 0 aromatic carbocycles. The Kier molecular flexibility index (Phi) is 7.77. The van der Waals surface area contributed by atoms with Gasteiger partial charge in [0.05, 0.1) is 0 Å². The number of piperazine rings is 1. The molecular weight excluding hydrogens is 212 g/mol. The molecule has 1 unspecified atom stereocenters. The quantitative estimate of drug-likeness (QED) is 0.590. The molecule has 0 bridgehead atoms. The van der Waals surface area contributed by atoms with E-state index in [2.05, 4.69) is 41.5 Å². The first-order valence-corrected chi connectivity index (χ1v) is 6.97. The molecule has 0 aliphatic carbocycles. The summed E-state index contributed by atoms with van der Waals surface area (Å²) >= 11 is 0. The summed E-state index contributed by atoms with van der Waals surface area (Å²) in [5.74, 6) is 0.757. The highest BCUT2D eigenvalue weighted by Gasteiger charge is 2.12. The van der Waals surface area contributed by atoms with Crippen LogP contribution in [0, 0.1) is 5.92 Å². The topological polar surface area (TPSA) is 30.5 Å². The Morgan fingerprint density at radius 3 is 2.65 bits per heavy atom. The zero-order valence-corrected chi connectivity index (χ0v) is 11.8. The summed E-state index contributed by atoms with van der Waals surface area (Å²) in [4.78, 5) is 4.81. The van der Waals surface area contributed by atoms with Crippen LogP contribution in [0.1, 0.15) is 13.3 Å². The molecule has 0 aromatic rings. The summed E-state index contributed by atoms with van der Waals surface area (Å²) in [6, 6.07) is 0. The molecule has 1 rings (SSSR count). The van der Waals surface area contributed by atoms with Crippen LogP contribution in [0.5, 0.6) is 0 Å². The molecule has 0 saturated carbocycles. The zero-order chi connectivity index (χ0) is 12.5. The number of nitrogens with one attached hydrogen (secondary N) is 2. The zero-order valence-electron chi connectivity index (χ0n) is 11.8. The van der Waals surface area contributed by atoms with Crippen molar-refractivity contribution < 1.29 is 0 Å². The average Bonchev–Trinajstić information content (AvgIpc) is 2.29. The van der Waals surface area contributed by atoms with Gasteiger partial charge in [0.2, 0.25) is 0 Å². The van der Waals surface area contributed by atoms with Gasteiger partial charge >= 0.3 is 0 Å². The minimum atomic E-state index is 0.757. The standard InChI is InChI=1S/C13H30N4/c1-13(11-15-5-4-8-16(2)3)12-17-9-6-14-7-10-17/h13-15H,4-12H2,1-3H3. The summed E-state index contributed by atoms with van der Waals surface area (Å²) in [5, 5.41) is 6.96. The Hall–Kier alpha value is -0.160. The summed E-state index contributed by atoms with van der Waals surface area (Å²) in [6.45, 7) is 11.8. The average molecular weight is 242 g/mol. The van der Waals surface area contributed by atoms with E-state index in [0.29, 0.717) is 0 Å². The molecule has 17 heavy (non-hydrogen) atoms. The van der Waals surface area contributed by atoms with Crippen LogP contribution in [0.15, 0.2) is 0 Å². The molecule has 1 fully saturated rings. The van der Waals surface area contributed by atoms with Crippen molar-refractivity contribution in [2.24, 2.45) is 5.92 Å². The summed E-state index contributed by atoms with van der Waals surface area (Å²) in [6.07, 6.45) is 1.24. The third kappa shape index (κ3) is 7.71. The van der Waals surface area contributed by atoms with Gasteiger partial charge in [-0.3, -0.25) is 0 Å². The second kappa shape index (κ2) is 8.86. The number of rotatable bonds is 8.